The Morgan fingerprint density at radius 2 is 2.05 bits per heavy atom. The maximum atomic E-state index is 12.1. The van der Waals surface area contributed by atoms with Crippen molar-refractivity contribution in [3.05, 3.63) is 11.0 Å². The standard InChI is InChI=1S/C13H15NO7S/c1-3-19-11(17)4-8-12(13(18)21-6-20-7(2)15)14-9(16)5-10(14)22-8/h4,10,12H,3,5-6H2,1-2H3. The van der Waals surface area contributed by atoms with E-state index in [-0.39, 0.29) is 17.9 Å². The van der Waals surface area contributed by atoms with E-state index in [1.807, 2.05) is 0 Å². The van der Waals surface area contributed by atoms with Crippen LogP contribution in [0.4, 0.5) is 0 Å². The fourth-order valence-electron chi connectivity index (χ4n) is 2.06. The maximum Gasteiger partial charge on any atom is 0.337 e. The number of amides is 1. The monoisotopic (exact) mass is 329 g/mol. The second-order valence-electron chi connectivity index (χ2n) is 4.50. The Morgan fingerprint density at radius 3 is 2.64 bits per heavy atom. The van der Waals surface area contributed by atoms with Crippen molar-refractivity contribution in [2.75, 3.05) is 13.4 Å². The molecule has 0 radical (unpaired) electrons. The van der Waals surface area contributed by atoms with Gasteiger partial charge in [0.15, 0.2) is 6.04 Å². The number of β-lactam (4-membered cyclic amide) rings is 1. The highest BCUT2D eigenvalue weighted by Crippen LogP contribution is 2.47. The van der Waals surface area contributed by atoms with Crippen molar-refractivity contribution in [3.8, 4) is 0 Å². The zero-order chi connectivity index (χ0) is 16.3. The number of esters is 3. The zero-order valence-corrected chi connectivity index (χ0v) is 12.9. The summed E-state index contributed by atoms with van der Waals surface area (Å²) in [6, 6.07) is -0.990. The van der Waals surface area contributed by atoms with E-state index < -0.39 is 30.7 Å². The van der Waals surface area contributed by atoms with Crippen molar-refractivity contribution in [3.63, 3.8) is 0 Å². The lowest BCUT2D eigenvalue weighted by Crippen LogP contribution is -2.54. The molecule has 2 rings (SSSR count). The van der Waals surface area contributed by atoms with Crippen LogP contribution >= 0.6 is 11.8 Å². The van der Waals surface area contributed by atoms with Crippen molar-refractivity contribution < 1.29 is 33.4 Å². The first-order valence-corrected chi connectivity index (χ1v) is 7.48. The van der Waals surface area contributed by atoms with Gasteiger partial charge < -0.3 is 19.1 Å². The van der Waals surface area contributed by atoms with E-state index in [1.165, 1.54) is 29.7 Å². The molecule has 2 aliphatic heterocycles. The third-order valence-electron chi connectivity index (χ3n) is 3.00. The first-order valence-electron chi connectivity index (χ1n) is 6.60. The number of rotatable bonds is 5. The van der Waals surface area contributed by atoms with E-state index >= 15 is 0 Å². The first kappa shape index (κ1) is 16.3. The molecular weight excluding hydrogens is 314 g/mol. The summed E-state index contributed by atoms with van der Waals surface area (Å²) in [7, 11) is 0. The zero-order valence-electron chi connectivity index (χ0n) is 12.1. The molecule has 2 fully saturated rings. The molecule has 0 aromatic carbocycles. The van der Waals surface area contributed by atoms with Gasteiger partial charge in [0, 0.05) is 17.9 Å². The average molecular weight is 329 g/mol. The molecule has 0 aromatic rings. The number of hydrogen-bond acceptors (Lipinski definition) is 8. The molecule has 0 N–H and O–H groups in total. The van der Waals surface area contributed by atoms with Crippen molar-refractivity contribution in [1.82, 2.24) is 4.90 Å². The van der Waals surface area contributed by atoms with E-state index in [9.17, 15) is 19.2 Å². The van der Waals surface area contributed by atoms with Gasteiger partial charge in [0.2, 0.25) is 12.7 Å². The molecule has 22 heavy (non-hydrogen) atoms. The molecule has 120 valence electrons. The summed E-state index contributed by atoms with van der Waals surface area (Å²) in [5.41, 5.74) is 0. The van der Waals surface area contributed by atoms with Gasteiger partial charge >= 0.3 is 17.9 Å². The van der Waals surface area contributed by atoms with Crippen molar-refractivity contribution in [2.45, 2.75) is 31.7 Å². The first-order chi connectivity index (χ1) is 10.4. The summed E-state index contributed by atoms with van der Waals surface area (Å²) in [5, 5.41) is -0.181. The Hall–Kier alpha value is -2.03. The predicted octanol–water partition coefficient (Wildman–Crippen LogP) is 0.171. The van der Waals surface area contributed by atoms with Crippen LogP contribution in [0.1, 0.15) is 20.3 Å². The van der Waals surface area contributed by atoms with Crippen LogP contribution in [0.2, 0.25) is 0 Å². The highest BCUT2D eigenvalue weighted by atomic mass is 32.2. The Kier molecular flexibility index (Phi) is 5.07. The number of nitrogens with zero attached hydrogens (tertiary/aromatic N) is 1. The number of thioether (sulfide) groups is 1. The highest BCUT2D eigenvalue weighted by molar-refractivity contribution is 8.04. The minimum absolute atomic E-state index is 0.181. The summed E-state index contributed by atoms with van der Waals surface area (Å²) in [6.45, 7) is 2.52. The van der Waals surface area contributed by atoms with Crippen LogP contribution in [-0.4, -0.2) is 53.5 Å². The SMILES string of the molecule is CCOC(=O)C=C1SC2CC(=O)N2C1C(=O)OCOC(C)=O. The van der Waals surface area contributed by atoms with E-state index in [1.54, 1.807) is 6.92 Å². The van der Waals surface area contributed by atoms with Gasteiger partial charge in [-0.05, 0) is 6.92 Å². The van der Waals surface area contributed by atoms with Gasteiger partial charge in [0.25, 0.3) is 0 Å². The molecule has 9 heteroatoms. The van der Waals surface area contributed by atoms with E-state index in [4.69, 9.17) is 9.47 Å². The fourth-order valence-corrected chi connectivity index (χ4v) is 3.46. The molecule has 2 atom stereocenters. The second kappa shape index (κ2) is 6.82. The lowest BCUT2D eigenvalue weighted by Gasteiger charge is -2.35. The highest BCUT2D eigenvalue weighted by Gasteiger charge is 2.53. The van der Waals surface area contributed by atoms with Gasteiger partial charge in [0.05, 0.1) is 18.4 Å². The van der Waals surface area contributed by atoms with E-state index in [2.05, 4.69) is 4.74 Å². The number of ether oxygens (including phenoxy) is 3. The number of hydrogen-bond donors (Lipinski definition) is 0. The van der Waals surface area contributed by atoms with Gasteiger partial charge in [0.1, 0.15) is 0 Å². The summed E-state index contributed by atoms with van der Waals surface area (Å²) in [6.07, 6.45) is 1.50. The van der Waals surface area contributed by atoms with Gasteiger partial charge in [-0.15, -0.1) is 11.8 Å². The Bertz CT molecular complexity index is 545. The Balaban J connectivity index is 2.08. The molecule has 8 nitrogen and oxygen atoms in total. The molecule has 0 bridgehead atoms. The topological polar surface area (TPSA) is 99.2 Å². The van der Waals surface area contributed by atoms with E-state index in [0.717, 1.165) is 0 Å². The minimum atomic E-state index is -0.990. The third-order valence-corrected chi connectivity index (χ3v) is 4.28. The third kappa shape index (κ3) is 3.41. The molecule has 0 saturated carbocycles. The lowest BCUT2D eigenvalue weighted by atomic mass is 10.1. The molecule has 1 amide bonds. The van der Waals surface area contributed by atoms with E-state index in [0.29, 0.717) is 11.3 Å². The predicted molar refractivity (Wildman–Crippen MR) is 74.1 cm³/mol. The van der Waals surface area contributed by atoms with Crippen LogP contribution in [0.25, 0.3) is 0 Å². The molecule has 0 aliphatic carbocycles. The number of carbonyl (C=O) groups excluding carboxylic acids is 4. The molecule has 2 unspecified atom stereocenters. The van der Waals surface area contributed by atoms with Crippen LogP contribution in [0.15, 0.2) is 11.0 Å². The van der Waals surface area contributed by atoms with Crippen molar-refractivity contribution >= 4 is 35.6 Å². The van der Waals surface area contributed by atoms with Gasteiger partial charge in [-0.2, -0.15) is 0 Å². The Morgan fingerprint density at radius 1 is 1.32 bits per heavy atom. The van der Waals surface area contributed by atoms with Crippen LogP contribution in [-0.2, 0) is 33.4 Å². The molecule has 2 aliphatic rings. The second-order valence-corrected chi connectivity index (χ2v) is 5.75. The molecule has 2 saturated heterocycles. The number of fused-ring (bicyclic) bond motifs is 1. The van der Waals surface area contributed by atoms with Gasteiger partial charge in [-0.1, -0.05) is 0 Å². The van der Waals surface area contributed by atoms with Crippen LogP contribution < -0.4 is 0 Å². The van der Waals surface area contributed by atoms with Crippen molar-refractivity contribution in [2.24, 2.45) is 0 Å². The Labute approximate surface area is 130 Å². The van der Waals surface area contributed by atoms with Crippen LogP contribution in [0, 0.1) is 0 Å². The summed E-state index contributed by atoms with van der Waals surface area (Å²) in [5.74, 6) is -2.12. The largest absolute Gasteiger partial charge is 0.463 e. The maximum absolute atomic E-state index is 12.1. The summed E-state index contributed by atoms with van der Waals surface area (Å²) < 4.78 is 14.2. The molecular formula is C13H15NO7S. The number of carbonyl (C=O) groups is 4. The fraction of sp³-hybridized carbons (Fsp3) is 0.538. The normalized spacial score (nSPS) is 24.5. The average Bonchev–Trinajstić information content (AvgIpc) is 2.71. The van der Waals surface area contributed by atoms with Crippen LogP contribution in [0.3, 0.4) is 0 Å². The lowest BCUT2D eigenvalue weighted by molar-refractivity contribution is -0.172. The van der Waals surface area contributed by atoms with Crippen LogP contribution in [0.5, 0.6) is 0 Å². The van der Waals surface area contributed by atoms with Crippen molar-refractivity contribution in [1.29, 1.82) is 0 Å². The van der Waals surface area contributed by atoms with Gasteiger partial charge in [-0.25, -0.2) is 9.59 Å². The summed E-state index contributed by atoms with van der Waals surface area (Å²) in [4.78, 5) is 47.7. The summed E-state index contributed by atoms with van der Waals surface area (Å²) >= 11 is 1.25. The molecule has 0 aromatic heterocycles. The molecule has 2 heterocycles. The quantitative estimate of drug-likeness (QED) is 0.305. The van der Waals surface area contributed by atoms with Gasteiger partial charge in [-0.3, -0.25) is 9.59 Å². The molecule has 0 spiro atoms. The minimum Gasteiger partial charge on any atom is -0.463 e. The smallest absolute Gasteiger partial charge is 0.337 e.